The molecule has 0 bridgehead atoms. The summed E-state index contributed by atoms with van der Waals surface area (Å²) in [5.74, 6) is 2.96. The second-order valence-corrected chi connectivity index (χ2v) is 6.72. The van der Waals surface area contributed by atoms with E-state index in [0.717, 1.165) is 36.4 Å². The molecule has 1 atom stereocenters. The van der Waals surface area contributed by atoms with E-state index in [1.54, 1.807) is 0 Å². The number of benzene rings is 1. The first-order valence-electron chi connectivity index (χ1n) is 8.09. The molecule has 1 aliphatic heterocycles. The van der Waals surface area contributed by atoms with E-state index in [1.165, 1.54) is 38.8 Å². The zero-order chi connectivity index (χ0) is 13.4. The van der Waals surface area contributed by atoms with E-state index in [1.807, 2.05) is 0 Å². The third-order valence-electron chi connectivity index (χ3n) is 4.59. The Morgan fingerprint density at radius 2 is 1.70 bits per heavy atom. The molecule has 1 unspecified atom stereocenters. The molecule has 2 fully saturated rings. The van der Waals surface area contributed by atoms with Crippen LogP contribution in [0.1, 0.15) is 25.7 Å². The average Bonchev–Trinajstić information content (AvgIpc) is 3.35. The summed E-state index contributed by atoms with van der Waals surface area (Å²) in [4.78, 5) is 2.66. The van der Waals surface area contributed by atoms with Gasteiger partial charge in [-0.3, -0.25) is 4.90 Å². The zero-order valence-corrected chi connectivity index (χ0v) is 12.1. The van der Waals surface area contributed by atoms with Crippen LogP contribution in [0.5, 0.6) is 5.75 Å². The van der Waals surface area contributed by atoms with Gasteiger partial charge in [0.05, 0.1) is 12.2 Å². The Kier molecular flexibility index (Phi) is 3.31. The molecule has 1 aromatic carbocycles. The third-order valence-corrected chi connectivity index (χ3v) is 4.59. The van der Waals surface area contributed by atoms with Crippen LogP contribution < -0.4 is 10.1 Å². The molecule has 1 N–H and O–H groups in total. The van der Waals surface area contributed by atoms with Crippen molar-refractivity contribution in [3.8, 4) is 5.75 Å². The number of ether oxygens (including phenoxy) is 1. The first kappa shape index (κ1) is 12.5. The summed E-state index contributed by atoms with van der Waals surface area (Å²) in [5.41, 5.74) is 1.14. The van der Waals surface area contributed by atoms with E-state index in [2.05, 4.69) is 34.5 Å². The fourth-order valence-electron chi connectivity index (χ4n) is 3.11. The molecular formula is C17H24N2O. The van der Waals surface area contributed by atoms with Crippen LogP contribution >= 0.6 is 0 Å². The smallest absolute Gasteiger partial charge is 0.142 e. The summed E-state index contributed by atoms with van der Waals surface area (Å²) in [6.07, 6.45) is 6.05. The van der Waals surface area contributed by atoms with Gasteiger partial charge in [-0.2, -0.15) is 0 Å². The van der Waals surface area contributed by atoms with Gasteiger partial charge in [0.25, 0.3) is 0 Å². The van der Waals surface area contributed by atoms with E-state index in [0.29, 0.717) is 6.10 Å². The number of nitrogens with zero attached hydrogens (tertiary/aromatic N) is 1. The molecule has 0 aromatic heterocycles. The fourth-order valence-corrected chi connectivity index (χ4v) is 3.11. The molecule has 0 amide bonds. The highest BCUT2D eigenvalue weighted by atomic mass is 16.5. The van der Waals surface area contributed by atoms with Crippen LogP contribution in [0, 0.1) is 11.8 Å². The summed E-state index contributed by atoms with van der Waals surface area (Å²) in [7, 11) is 0. The van der Waals surface area contributed by atoms with Crippen molar-refractivity contribution in [2.45, 2.75) is 31.8 Å². The molecule has 0 spiro atoms. The maximum atomic E-state index is 6.16. The van der Waals surface area contributed by atoms with Gasteiger partial charge in [0.2, 0.25) is 0 Å². The first-order chi connectivity index (χ1) is 9.87. The van der Waals surface area contributed by atoms with Gasteiger partial charge in [-0.1, -0.05) is 12.1 Å². The van der Waals surface area contributed by atoms with Gasteiger partial charge in [-0.15, -0.1) is 0 Å². The molecule has 0 saturated heterocycles. The largest absolute Gasteiger partial charge is 0.485 e. The Morgan fingerprint density at radius 3 is 2.40 bits per heavy atom. The average molecular weight is 272 g/mol. The highest BCUT2D eigenvalue weighted by Gasteiger charge is 2.31. The zero-order valence-electron chi connectivity index (χ0n) is 12.1. The van der Waals surface area contributed by atoms with Crippen molar-refractivity contribution < 1.29 is 4.74 Å². The molecular weight excluding hydrogens is 248 g/mol. The molecule has 4 rings (SSSR count). The number of rotatable bonds is 6. The van der Waals surface area contributed by atoms with Crippen LogP contribution in [0.15, 0.2) is 24.3 Å². The third kappa shape index (κ3) is 3.09. The lowest BCUT2D eigenvalue weighted by molar-refractivity contribution is 0.129. The van der Waals surface area contributed by atoms with Crippen LogP contribution in [0.2, 0.25) is 0 Å². The van der Waals surface area contributed by atoms with E-state index in [-0.39, 0.29) is 0 Å². The lowest BCUT2D eigenvalue weighted by Crippen LogP contribution is -2.43. The summed E-state index contributed by atoms with van der Waals surface area (Å²) < 4.78 is 6.16. The Bertz CT molecular complexity index is 454. The number of fused-ring (bicyclic) bond motifs is 1. The summed E-state index contributed by atoms with van der Waals surface area (Å²) in [6, 6.07) is 8.27. The monoisotopic (exact) mass is 272 g/mol. The Morgan fingerprint density at radius 1 is 1.00 bits per heavy atom. The van der Waals surface area contributed by atoms with Gasteiger partial charge >= 0.3 is 0 Å². The molecule has 3 heteroatoms. The van der Waals surface area contributed by atoms with E-state index in [4.69, 9.17) is 4.74 Å². The van der Waals surface area contributed by atoms with Gasteiger partial charge in [0.1, 0.15) is 11.9 Å². The Labute approximate surface area is 121 Å². The second kappa shape index (κ2) is 5.28. The second-order valence-electron chi connectivity index (χ2n) is 6.72. The number of hydrogen-bond donors (Lipinski definition) is 1. The van der Waals surface area contributed by atoms with Crippen molar-refractivity contribution in [3.63, 3.8) is 0 Å². The molecule has 0 radical (unpaired) electrons. The van der Waals surface area contributed by atoms with Crippen LogP contribution in [-0.2, 0) is 0 Å². The molecule has 3 nitrogen and oxygen atoms in total. The SMILES string of the molecule is c1ccc2c(c1)NCC(CN(CC1CC1)CC1CC1)O2. The highest BCUT2D eigenvalue weighted by molar-refractivity contribution is 5.57. The van der Waals surface area contributed by atoms with Crippen molar-refractivity contribution in [1.82, 2.24) is 4.90 Å². The van der Waals surface area contributed by atoms with Crippen molar-refractivity contribution in [1.29, 1.82) is 0 Å². The van der Waals surface area contributed by atoms with Gasteiger partial charge in [-0.25, -0.2) is 0 Å². The van der Waals surface area contributed by atoms with Crippen molar-refractivity contribution in [2.24, 2.45) is 11.8 Å². The summed E-state index contributed by atoms with van der Waals surface area (Å²) >= 11 is 0. The quantitative estimate of drug-likeness (QED) is 0.861. The minimum atomic E-state index is 0.294. The maximum absolute atomic E-state index is 6.16. The topological polar surface area (TPSA) is 24.5 Å². The number of nitrogens with one attached hydrogen (secondary N) is 1. The number of para-hydroxylation sites is 2. The van der Waals surface area contributed by atoms with Crippen molar-refractivity contribution in [3.05, 3.63) is 24.3 Å². The Hall–Kier alpha value is -1.22. The number of anilines is 1. The van der Waals surface area contributed by atoms with Crippen LogP contribution in [0.3, 0.4) is 0 Å². The van der Waals surface area contributed by atoms with E-state index >= 15 is 0 Å². The highest BCUT2D eigenvalue weighted by Crippen LogP contribution is 2.34. The molecule has 1 aromatic rings. The maximum Gasteiger partial charge on any atom is 0.142 e. The van der Waals surface area contributed by atoms with Gasteiger partial charge in [0.15, 0.2) is 0 Å². The minimum Gasteiger partial charge on any atom is -0.485 e. The molecule has 20 heavy (non-hydrogen) atoms. The van der Waals surface area contributed by atoms with Gasteiger partial charge < -0.3 is 10.1 Å². The van der Waals surface area contributed by atoms with E-state index in [9.17, 15) is 0 Å². The summed E-state index contributed by atoms with van der Waals surface area (Å²) in [5, 5.41) is 3.50. The lowest BCUT2D eigenvalue weighted by atomic mass is 10.2. The van der Waals surface area contributed by atoms with Gasteiger partial charge in [0, 0.05) is 19.6 Å². The minimum absolute atomic E-state index is 0.294. The molecule has 3 aliphatic rings. The van der Waals surface area contributed by atoms with Crippen molar-refractivity contribution >= 4 is 5.69 Å². The predicted octanol–water partition coefficient (Wildman–Crippen LogP) is 2.98. The lowest BCUT2D eigenvalue weighted by Gasteiger charge is -2.32. The van der Waals surface area contributed by atoms with Crippen molar-refractivity contribution in [2.75, 3.05) is 31.5 Å². The molecule has 108 valence electrons. The Balaban J connectivity index is 1.36. The van der Waals surface area contributed by atoms with E-state index < -0.39 is 0 Å². The predicted molar refractivity (Wildman–Crippen MR) is 81.2 cm³/mol. The number of hydrogen-bond acceptors (Lipinski definition) is 3. The standard InChI is InChI=1S/C17H24N2O/c1-2-4-17-16(3-1)18-9-15(20-17)12-19(10-13-5-6-13)11-14-7-8-14/h1-4,13-15,18H,5-12H2. The van der Waals surface area contributed by atoms with Crippen LogP contribution in [-0.4, -0.2) is 37.2 Å². The summed E-state index contributed by atoms with van der Waals surface area (Å²) in [6.45, 7) is 4.59. The molecule has 1 heterocycles. The first-order valence-corrected chi connectivity index (χ1v) is 8.09. The van der Waals surface area contributed by atoms with Crippen LogP contribution in [0.25, 0.3) is 0 Å². The molecule has 2 aliphatic carbocycles. The van der Waals surface area contributed by atoms with Gasteiger partial charge in [-0.05, 0) is 49.7 Å². The molecule has 2 saturated carbocycles. The normalized spacial score (nSPS) is 24.9. The fraction of sp³-hybridized carbons (Fsp3) is 0.647. The van der Waals surface area contributed by atoms with Crippen LogP contribution in [0.4, 0.5) is 5.69 Å².